The molecular weight excluding hydrogens is 853 g/mol. The van der Waals surface area contributed by atoms with Gasteiger partial charge in [0.15, 0.2) is 6.10 Å². The topological polar surface area (TPSA) is 78.9 Å². The molecule has 0 bridgehead atoms. The summed E-state index contributed by atoms with van der Waals surface area (Å²) in [6, 6.07) is 0. The Morgan fingerprint density at radius 3 is 1.01 bits per heavy atom. The first-order chi connectivity index (χ1) is 34.0. The first-order valence-electron chi connectivity index (χ1n) is 29.1. The standard InChI is InChI=1S/C63H108O6/c1-4-7-10-13-16-19-22-25-27-28-29-30-31-32-33-34-36-38-41-44-47-50-53-56-62(65)68-59-60(58-67-61(64)55-52-49-46-43-40-37-24-21-18-15-12-9-6-3)69-63(66)57-54-51-48-45-42-39-35-26-23-20-17-14-11-8-5-2/h8,11-12,15,17,20-21,24,26,35,42,45,51,54,60H,4-7,9-10,13-14,16,18-19,22-23,25,27-34,36-41,43-44,46-50,52-53,55-59H2,1-3H3/b11-8-,15-12-,20-17-,24-21-,35-26-,45-42-,54-51-. The highest BCUT2D eigenvalue weighted by atomic mass is 16.6. The maximum absolute atomic E-state index is 12.8. The fourth-order valence-corrected chi connectivity index (χ4v) is 8.09. The minimum absolute atomic E-state index is 0.0945. The molecule has 396 valence electrons. The molecule has 1 atom stereocenters. The Hall–Kier alpha value is -3.41. The third kappa shape index (κ3) is 55.4. The van der Waals surface area contributed by atoms with Crippen LogP contribution in [0.2, 0.25) is 0 Å². The number of allylic oxidation sites excluding steroid dienone is 13. The first-order valence-corrected chi connectivity index (χ1v) is 29.1. The van der Waals surface area contributed by atoms with Crippen molar-refractivity contribution < 1.29 is 28.6 Å². The molecule has 0 aromatic rings. The van der Waals surface area contributed by atoms with E-state index in [1.165, 1.54) is 135 Å². The van der Waals surface area contributed by atoms with Gasteiger partial charge in [0, 0.05) is 12.8 Å². The van der Waals surface area contributed by atoms with Crippen molar-refractivity contribution in [2.24, 2.45) is 0 Å². The molecule has 0 saturated carbocycles. The molecule has 0 aliphatic carbocycles. The zero-order valence-corrected chi connectivity index (χ0v) is 45.3. The van der Waals surface area contributed by atoms with Crippen molar-refractivity contribution in [1.82, 2.24) is 0 Å². The highest BCUT2D eigenvalue weighted by Crippen LogP contribution is 2.16. The Kier molecular flexibility index (Phi) is 54.3. The molecule has 0 saturated heterocycles. The summed E-state index contributed by atoms with van der Waals surface area (Å²) in [6.45, 7) is 6.39. The first kappa shape index (κ1) is 65.6. The monoisotopic (exact) mass is 961 g/mol. The molecule has 0 spiro atoms. The summed E-state index contributed by atoms with van der Waals surface area (Å²) in [7, 11) is 0. The van der Waals surface area contributed by atoms with E-state index in [0.29, 0.717) is 12.8 Å². The van der Waals surface area contributed by atoms with E-state index in [1.54, 1.807) is 6.08 Å². The van der Waals surface area contributed by atoms with Crippen LogP contribution >= 0.6 is 0 Å². The molecule has 1 unspecified atom stereocenters. The van der Waals surface area contributed by atoms with Crippen LogP contribution in [0.15, 0.2) is 85.1 Å². The van der Waals surface area contributed by atoms with Crippen LogP contribution in [0.25, 0.3) is 0 Å². The molecule has 0 aliphatic rings. The van der Waals surface area contributed by atoms with E-state index in [0.717, 1.165) is 103 Å². The van der Waals surface area contributed by atoms with E-state index in [9.17, 15) is 14.4 Å². The SMILES string of the molecule is CC/C=C\C/C=C\C/C=C\C/C=C\C/C=C\CC(=O)OC(COC(=O)CCCCCCC/C=C\C/C=C\CCC)COC(=O)CCCCCCCCCCCCCCCCCCCCCCCCC. The number of carbonyl (C=O) groups is 3. The summed E-state index contributed by atoms with van der Waals surface area (Å²) in [5.74, 6) is -1.06. The quantitative estimate of drug-likeness (QED) is 0.0262. The zero-order valence-electron chi connectivity index (χ0n) is 45.3. The predicted molar refractivity (Wildman–Crippen MR) is 297 cm³/mol. The number of unbranched alkanes of at least 4 members (excludes halogenated alkanes) is 28. The molecular formula is C63H108O6. The summed E-state index contributed by atoms with van der Waals surface area (Å²) >= 11 is 0. The summed E-state index contributed by atoms with van der Waals surface area (Å²) < 4.78 is 16.7. The third-order valence-electron chi connectivity index (χ3n) is 12.4. The molecule has 0 aromatic carbocycles. The van der Waals surface area contributed by atoms with E-state index < -0.39 is 12.1 Å². The largest absolute Gasteiger partial charge is 0.462 e. The van der Waals surface area contributed by atoms with E-state index in [-0.39, 0.29) is 31.6 Å². The maximum Gasteiger partial charge on any atom is 0.310 e. The number of ether oxygens (including phenoxy) is 3. The lowest BCUT2D eigenvalue weighted by atomic mass is 10.0. The number of rotatable bonds is 52. The van der Waals surface area contributed by atoms with Crippen molar-refractivity contribution in [3.05, 3.63) is 85.1 Å². The van der Waals surface area contributed by atoms with Crippen LogP contribution in [0.5, 0.6) is 0 Å². The number of hydrogen-bond acceptors (Lipinski definition) is 6. The molecule has 0 amide bonds. The van der Waals surface area contributed by atoms with Crippen molar-refractivity contribution in [2.75, 3.05) is 13.2 Å². The van der Waals surface area contributed by atoms with E-state index >= 15 is 0 Å². The fraction of sp³-hybridized carbons (Fsp3) is 0.730. The smallest absolute Gasteiger partial charge is 0.310 e. The van der Waals surface area contributed by atoms with Gasteiger partial charge in [-0.15, -0.1) is 0 Å². The summed E-state index contributed by atoms with van der Waals surface area (Å²) in [5, 5.41) is 0. The fourth-order valence-electron chi connectivity index (χ4n) is 8.09. The lowest BCUT2D eigenvalue weighted by molar-refractivity contribution is -0.166. The van der Waals surface area contributed by atoms with E-state index in [1.807, 2.05) is 6.08 Å². The van der Waals surface area contributed by atoms with E-state index in [2.05, 4.69) is 93.7 Å². The van der Waals surface area contributed by atoms with Crippen molar-refractivity contribution in [3.8, 4) is 0 Å². The Balaban J connectivity index is 4.37. The average molecular weight is 962 g/mol. The van der Waals surface area contributed by atoms with Crippen LogP contribution in [0.3, 0.4) is 0 Å². The van der Waals surface area contributed by atoms with Gasteiger partial charge in [0.2, 0.25) is 0 Å². The Morgan fingerprint density at radius 1 is 0.319 bits per heavy atom. The lowest BCUT2D eigenvalue weighted by Crippen LogP contribution is -2.30. The van der Waals surface area contributed by atoms with Crippen molar-refractivity contribution >= 4 is 17.9 Å². The molecule has 69 heavy (non-hydrogen) atoms. The zero-order chi connectivity index (χ0) is 50.0. The highest BCUT2D eigenvalue weighted by Gasteiger charge is 2.19. The van der Waals surface area contributed by atoms with Gasteiger partial charge < -0.3 is 14.2 Å². The molecule has 0 heterocycles. The number of esters is 3. The molecule has 0 fully saturated rings. The summed E-state index contributed by atoms with van der Waals surface area (Å²) in [4.78, 5) is 38.0. The molecule has 0 radical (unpaired) electrons. The normalized spacial score (nSPS) is 12.7. The molecule has 0 aliphatic heterocycles. The van der Waals surface area contributed by atoms with Gasteiger partial charge in [0.1, 0.15) is 13.2 Å². The van der Waals surface area contributed by atoms with Crippen molar-refractivity contribution in [2.45, 2.75) is 284 Å². The van der Waals surface area contributed by atoms with Crippen molar-refractivity contribution in [3.63, 3.8) is 0 Å². The highest BCUT2D eigenvalue weighted by molar-refractivity contribution is 5.72. The van der Waals surface area contributed by atoms with Crippen LogP contribution in [0.4, 0.5) is 0 Å². The molecule has 0 N–H and O–H groups in total. The lowest BCUT2D eigenvalue weighted by Gasteiger charge is -2.18. The van der Waals surface area contributed by atoms with Gasteiger partial charge in [-0.3, -0.25) is 14.4 Å². The van der Waals surface area contributed by atoms with Crippen LogP contribution < -0.4 is 0 Å². The minimum atomic E-state index is -0.835. The molecule has 0 aromatic heterocycles. The predicted octanol–water partition coefficient (Wildman–Crippen LogP) is 19.5. The van der Waals surface area contributed by atoms with Crippen LogP contribution in [0, 0.1) is 0 Å². The Bertz CT molecular complexity index is 1330. The van der Waals surface area contributed by atoms with Gasteiger partial charge in [-0.25, -0.2) is 0 Å². The minimum Gasteiger partial charge on any atom is -0.462 e. The van der Waals surface area contributed by atoms with E-state index in [4.69, 9.17) is 14.2 Å². The second kappa shape index (κ2) is 57.2. The van der Waals surface area contributed by atoms with Crippen LogP contribution in [0.1, 0.15) is 278 Å². The maximum atomic E-state index is 12.8. The van der Waals surface area contributed by atoms with Gasteiger partial charge >= 0.3 is 17.9 Å². The molecule has 6 heteroatoms. The number of carbonyl (C=O) groups excluding carboxylic acids is 3. The average Bonchev–Trinajstić information content (AvgIpc) is 3.35. The summed E-state index contributed by atoms with van der Waals surface area (Å²) in [6.07, 6.45) is 74.7. The van der Waals surface area contributed by atoms with Gasteiger partial charge in [0.25, 0.3) is 0 Å². The van der Waals surface area contributed by atoms with Crippen LogP contribution in [-0.2, 0) is 28.6 Å². The molecule has 6 nitrogen and oxygen atoms in total. The van der Waals surface area contributed by atoms with Gasteiger partial charge in [-0.2, -0.15) is 0 Å². The third-order valence-corrected chi connectivity index (χ3v) is 12.4. The number of hydrogen-bond donors (Lipinski definition) is 0. The Labute approximate surface area is 426 Å². The van der Waals surface area contributed by atoms with Crippen molar-refractivity contribution in [1.29, 1.82) is 0 Å². The van der Waals surface area contributed by atoms with Gasteiger partial charge in [-0.05, 0) is 70.6 Å². The second-order valence-corrected chi connectivity index (χ2v) is 19.2. The Morgan fingerprint density at radius 2 is 0.638 bits per heavy atom. The van der Waals surface area contributed by atoms with Gasteiger partial charge in [-0.1, -0.05) is 273 Å². The summed E-state index contributed by atoms with van der Waals surface area (Å²) in [5.41, 5.74) is 0. The second-order valence-electron chi connectivity index (χ2n) is 19.2. The van der Waals surface area contributed by atoms with Gasteiger partial charge in [0.05, 0.1) is 6.42 Å². The van der Waals surface area contributed by atoms with Crippen LogP contribution in [-0.4, -0.2) is 37.2 Å². The molecule has 0 rings (SSSR count).